The first-order valence-electron chi connectivity index (χ1n) is 4.97. The molecular weight excluding hydrogens is 226 g/mol. The third kappa shape index (κ3) is 2.76. The van der Waals surface area contributed by atoms with E-state index in [4.69, 9.17) is 5.11 Å². The minimum Gasteiger partial charge on any atom is -0.392 e. The van der Waals surface area contributed by atoms with Crippen molar-refractivity contribution < 1.29 is 13.9 Å². The number of halogens is 2. The van der Waals surface area contributed by atoms with Gasteiger partial charge in [-0.25, -0.2) is 13.8 Å². The third-order valence-corrected chi connectivity index (χ3v) is 2.20. The van der Waals surface area contributed by atoms with E-state index >= 15 is 0 Å². The van der Waals surface area contributed by atoms with Crippen LogP contribution in [0.4, 0.5) is 20.3 Å². The van der Waals surface area contributed by atoms with Crippen molar-refractivity contribution in [1.29, 1.82) is 0 Å². The molecule has 2 rings (SSSR count). The average Bonchev–Trinajstić information content (AvgIpc) is 2.34. The number of aliphatic hydroxyl groups excluding tert-OH is 1. The molecule has 0 radical (unpaired) electrons. The number of hydrogen-bond acceptors (Lipinski definition) is 3. The number of nitrogens with one attached hydrogen (secondary N) is 1. The second kappa shape index (κ2) is 4.88. The summed E-state index contributed by atoms with van der Waals surface area (Å²) >= 11 is 0. The second-order valence-electron chi connectivity index (χ2n) is 3.46. The first-order valence-corrected chi connectivity index (χ1v) is 4.97. The number of hydrogen-bond donors (Lipinski definition) is 2. The largest absolute Gasteiger partial charge is 0.392 e. The van der Waals surface area contributed by atoms with Gasteiger partial charge in [-0.05, 0) is 23.8 Å². The Morgan fingerprint density at radius 3 is 2.59 bits per heavy atom. The van der Waals surface area contributed by atoms with E-state index in [1.807, 2.05) is 0 Å². The summed E-state index contributed by atoms with van der Waals surface area (Å²) in [6.07, 6.45) is 1.48. The van der Waals surface area contributed by atoms with Gasteiger partial charge in [0.1, 0.15) is 17.5 Å². The lowest BCUT2D eigenvalue weighted by Gasteiger charge is -2.07. The van der Waals surface area contributed by atoms with Crippen LogP contribution in [0.3, 0.4) is 0 Å². The predicted molar refractivity (Wildman–Crippen MR) is 59.8 cm³/mol. The zero-order valence-electron chi connectivity index (χ0n) is 8.82. The van der Waals surface area contributed by atoms with Crippen LogP contribution in [-0.4, -0.2) is 10.1 Å². The van der Waals surface area contributed by atoms with Crippen LogP contribution in [0.1, 0.15) is 5.56 Å². The minimum atomic E-state index is -0.682. The van der Waals surface area contributed by atoms with E-state index in [2.05, 4.69) is 10.3 Å². The van der Waals surface area contributed by atoms with Crippen LogP contribution in [0.2, 0.25) is 0 Å². The van der Waals surface area contributed by atoms with Crippen molar-refractivity contribution in [3.63, 3.8) is 0 Å². The van der Waals surface area contributed by atoms with Gasteiger partial charge in [0.2, 0.25) is 0 Å². The van der Waals surface area contributed by atoms with E-state index < -0.39 is 11.6 Å². The molecule has 5 heteroatoms. The lowest BCUT2D eigenvalue weighted by atomic mass is 10.2. The SMILES string of the molecule is OCc1ccc(Nc2ccc(F)cc2F)nc1. The lowest BCUT2D eigenvalue weighted by Crippen LogP contribution is -1.97. The maximum atomic E-state index is 13.3. The smallest absolute Gasteiger partial charge is 0.149 e. The number of nitrogens with zero attached hydrogens (tertiary/aromatic N) is 1. The number of rotatable bonds is 3. The Morgan fingerprint density at radius 1 is 1.18 bits per heavy atom. The molecule has 1 heterocycles. The van der Waals surface area contributed by atoms with Crippen molar-refractivity contribution in [2.24, 2.45) is 0 Å². The standard InChI is InChI=1S/C12H10F2N2O/c13-9-2-3-11(10(14)5-9)16-12-4-1-8(7-17)6-15-12/h1-6,17H,7H2,(H,15,16). The van der Waals surface area contributed by atoms with Crippen LogP contribution in [0.25, 0.3) is 0 Å². The zero-order valence-corrected chi connectivity index (χ0v) is 8.82. The van der Waals surface area contributed by atoms with E-state index in [0.29, 0.717) is 11.4 Å². The highest BCUT2D eigenvalue weighted by Gasteiger charge is 2.04. The molecule has 88 valence electrons. The van der Waals surface area contributed by atoms with Gasteiger partial charge in [0.05, 0.1) is 12.3 Å². The molecule has 0 amide bonds. The molecule has 0 bridgehead atoms. The average molecular weight is 236 g/mol. The molecule has 0 saturated carbocycles. The molecule has 2 aromatic rings. The number of anilines is 2. The fourth-order valence-electron chi connectivity index (χ4n) is 1.32. The third-order valence-electron chi connectivity index (χ3n) is 2.20. The van der Waals surface area contributed by atoms with Gasteiger partial charge in [0.25, 0.3) is 0 Å². The van der Waals surface area contributed by atoms with Gasteiger partial charge in [0, 0.05) is 12.3 Å². The molecule has 0 aliphatic heterocycles. The highest BCUT2D eigenvalue weighted by molar-refractivity contribution is 5.56. The second-order valence-corrected chi connectivity index (χ2v) is 3.46. The number of pyridine rings is 1. The highest BCUT2D eigenvalue weighted by Crippen LogP contribution is 2.19. The summed E-state index contributed by atoms with van der Waals surface area (Å²) in [5, 5.41) is 11.5. The van der Waals surface area contributed by atoms with Gasteiger partial charge < -0.3 is 10.4 Å². The van der Waals surface area contributed by atoms with Gasteiger partial charge in [-0.3, -0.25) is 0 Å². The first-order chi connectivity index (χ1) is 8.19. The molecule has 0 aliphatic rings. The monoisotopic (exact) mass is 236 g/mol. The molecule has 1 aromatic carbocycles. The maximum Gasteiger partial charge on any atom is 0.149 e. The molecule has 0 unspecified atom stereocenters. The number of aliphatic hydroxyl groups is 1. The van der Waals surface area contributed by atoms with E-state index in [0.717, 1.165) is 12.1 Å². The summed E-state index contributed by atoms with van der Waals surface area (Å²) in [4.78, 5) is 3.98. The summed E-state index contributed by atoms with van der Waals surface area (Å²) in [7, 11) is 0. The Bertz CT molecular complexity index is 514. The predicted octanol–water partition coefficient (Wildman–Crippen LogP) is 2.60. The first kappa shape index (κ1) is 11.5. The van der Waals surface area contributed by atoms with E-state index in [9.17, 15) is 8.78 Å². The fraction of sp³-hybridized carbons (Fsp3) is 0.0833. The summed E-state index contributed by atoms with van der Waals surface area (Å²) in [6, 6.07) is 6.52. The molecule has 1 aromatic heterocycles. The quantitative estimate of drug-likeness (QED) is 0.861. The van der Waals surface area contributed by atoms with Crippen molar-refractivity contribution in [1.82, 2.24) is 4.98 Å². The number of aromatic nitrogens is 1. The molecule has 0 atom stereocenters. The van der Waals surface area contributed by atoms with Crippen LogP contribution >= 0.6 is 0 Å². The Morgan fingerprint density at radius 2 is 2.00 bits per heavy atom. The van der Waals surface area contributed by atoms with Crippen molar-refractivity contribution in [3.8, 4) is 0 Å². The number of benzene rings is 1. The van der Waals surface area contributed by atoms with Crippen molar-refractivity contribution in [3.05, 3.63) is 53.7 Å². The van der Waals surface area contributed by atoms with Gasteiger partial charge in [-0.15, -0.1) is 0 Å². The minimum absolute atomic E-state index is 0.0990. The molecule has 2 N–H and O–H groups in total. The van der Waals surface area contributed by atoms with Crippen LogP contribution in [-0.2, 0) is 6.61 Å². The normalized spacial score (nSPS) is 10.3. The van der Waals surface area contributed by atoms with Crippen LogP contribution in [0, 0.1) is 11.6 Å². The molecule has 0 spiro atoms. The molecule has 0 saturated heterocycles. The van der Waals surface area contributed by atoms with Gasteiger partial charge >= 0.3 is 0 Å². The summed E-state index contributed by atoms with van der Waals surface area (Å²) in [5.41, 5.74) is 0.811. The van der Waals surface area contributed by atoms with E-state index in [1.54, 1.807) is 12.1 Å². The van der Waals surface area contributed by atoms with Gasteiger partial charge in [-0.1, -0.05) is 6.07 Å². The van der Waals surface area contributed by atoms with Gasteiger partial charge in [0.15, 0.2) is 0 Å². The molecule has 0 aliphatic carbocycles. The Kier molecular flexibility index (Phi) is 3.30. The highest BCUT2D eigenvalue weighted by atomic mass is 19.1. The molecule has 0 fully saturated rings. The van der Waals surface area contributed by atoms with E-state index in [1.165, 1.54) is 12.3 Å². The van der Waals surface area contributed by atoms with Crippen molar-refractivity contribution >= 4 is 11.5 Å². The van der Waals surface area contributed by atoms with Crippen LogP contribution in [0.15, 0.2) is 36.5 Å². The van der Waals surface area contributed by atoms with Crippen molar-refractivity contribution in [2.75, 3.05) is 5.32 Å². The zero-order chi connectivity index (χ0) is 12.3. The van der Waals surface area contributed by atoms with Gasteiger partial charge in [-0.2, -0.15) is 0 Å². The van der Waals surface area contributed by atoms with Crippen LogP contribution < -0.4 is 5.32 Å². The topological polar surface area (TPSA) is 45.1 Å². The summed E-state index contributed by atoms with van der Waals surface area (Å²) in [5.74, 6) is -0.887. The van der Waals surface area contributed by atoms with Crippen molar-refractivity contribution in [2.45, 2.75) is 6.61 Å². The lowest BCUT2D eigenvalue weighted by molar-refractivity contribution is 0.281. The Balaban J connectivity index is 2.19. The summed E-state index contributed by atoms with van der Waals surface area (Å²) in [6.45, 7) is -0.0990. The van der Waals surface area contributed by atoms with E-state index in [-0.39, 0.29) is 12.3 Å². The molecule has 17 heavy (non-hydrogen) atoms. The molecule has 3 nitrogen and oxygen atoms in total. The fourth-order valence-corrected chi connectivity index (χ4v) is 1.32. The Labute approximate surface area is 96.7 Å². The Hall–Kier alpha value is -2.01. The maximum absolute atomic E-state index is 13.3. The molecular formula is C12H10F2N2O. The van der Waals surface area contributed by atoms with Crippen LogP contribution in [0.5, 0.6) is 0 Å². The summed E-state index contributed by atoms with van der Waals surface area (Å²) < 4.78 is 26.0.